The van der Waals surface area contributed by atoms with E-state index in [1.165, 1.54) is 22.3 Å². The van der Waals surface area contributed by atoms with Crippen molar-refractivity contribution in [2.75, 3.05) is 19.0 Å². The molecule has 22 heteroatoms. The average molecular weight is 1630 g/mol. The van der Waals surface area contributed by atoms with E-state index in [0.29, 0.717) is 30.4 Å². The topological polar surface area (TPSA) is 235 Å². The van der Waals surface area contributed by atoms with E-state index < -0.39 is 60.1 Å². The molecule has 0 bridgehead atoms. The molecule has 0 radical (unpaired) electrons. The van der Waals surface area contributed by atoms with Crippen LogP contribution in [0.15, 0.2) is 163 Å². The zero-order valence-corrected chi connectivity index (χ0v) is 70.1. The molecule has 0 spiro atoms. The molecule has 0 heterocycles. The van der Waals surface area contributed by atoms with Crippen molar-refractivity contribution in [2.24, 2.45) is 0 Å². The van der Waals surface area contributed by atoms with Gasteiger partial charge in [0, 0.05) is 172 Å². The number of aldehydes is 2. The third-order valence-corrected chi connectivity index (χ3v) is 15.9. The quantitative estimate of drug-likeness (QED) is 0.0146. The molecular weight excluding hydrogens is 1510 g/mol. The van der Waals surface area contributed by atoms with E-state index in [1.807, 2.05) is 104 Å². The van der Waals surface area contributed by atoms with Crippen LogP contribution in [0.4, 0.5) is 0 Å². The fourth-order valence-electron chi connectivity index (χ4n) is 7.52. The smallest absolute Gasteiger partial charge is 1.00 e. The van der Waals surface area contributed by atoms with Gasteiger partial charge >= 0.3 is 51.4 Å². The molecule has 0 rings (SSSR count). The molecule has 94 heavy (non-hydrogen) atoms. The largest absolute Gasteiger partial charge is 1.00 e. The molecule has 0 saturated carbocycles. The van der Waals surface area contributed by atoms with Crippen molar-refractivity contribution < 1.29 is 259 Å². The standard InChI is InChI=1S/C20H34O4S.C20H30O4S.C20H34O2S.C10H18O2S.2CH4.4Ar.HI.K.H/c2*1-16(7-5-9-18(3)14-21)11-12-20(25(23)24)13-17(2)8-6-10-19(4)15-22;1-16(2)9-7-11-18(5)13-14-20(23(21)22)15-19(6)12-8-10-17(3)4;1-9(2)5-4-6-10(3)7-8-13(11)12;;;;;;;;;/h9-11,13,20-22H,5-8,12,14-15H2,1-4H3,(H,23,24);9-11,13-15,20H,5-8,12H2,1-4H3,(H,23,24);9-10,13,15,20H,7-8,11-12,14H2,1-6H3,(H,21,22);5,7H,4,6,8H2,1-3H3,(H,11,12);2*1H4;;;;;1H;;/q;;;;;;;;;;;+1;-1/p-4/b2*16-11+,17-13+,18-9+,19-10+;18-13+,19-15+;10-7+;;;;;;;;;. The molecule has 0 aliphatic carbocycles. The van der Waals surface area contributed by atoms with Crippen LogP contribution in [0, 0.1) is 151 Å². The van der Waals surface area contributed by atoms with E-state index in [0.717, 1.165) is 147 Å². The van der Waals surface area contributed by atoms with Gasteiger partial charge in [0.2, 0.25) is 0 Å². The third kappa shape index (κ3) is 89.7. The first kappa shape index (κ1) is 124. The Morgan fingerprint density at radius 1 is 0.351 bits per heavy atom. The van der Waals surface area contributed by atoms with Gasteiger partial charge in [-0.2, -0.15) is 0 Å². The van der Waals surface area contributed by atoms with Gasteiger partial charge in [0.15, 0.2) is 0 Å². The molecule has 550 valence electrons. The normalized spacial score (nSPS) is 14.5. The molecule has 0 fully saturated rings. The van der Waals surface area contributed by atoms with Gasteiger partial charge in [0.05, 0.1) is 13.2 Å². The molecule has 7 atom stereocenters. The number of aliphatic hydroxyl groups is 2. The molecule has 0 aromatic carbocycles. The second-order valence-electron chi connectivity index (χ2n) is 23.0. The minimum atomic E-state index is -2.17. The Kier molecular flexibility index (Phi) is 111. The van der Waals surface area contributed by atoms with Crippen LogP contribution in [0.1, 0.15) is 243 Å². The van der Waals surface area contributed by atoms with Crippen molar-refractivity contribution in [3.8, 4) is 0 Å². The van der Waals surface area contributed by atoms with Crippen molar-refractivity contribution in [1.82, 2.24) is 0 Å². The maximum atomic E-state index is 11.5. The van der Waals surface area contributed by atoms with Gasteiger partial charge in [0.25, 0.3) is 0 Å². The number of carbonyl (C=O) groups excluding carboxylic acids is 2. The molecule has 7 unspecified atom stereocenters. The van der Waals surface area contributed by atoms with Crippen LogP contribution in [-0.4, -0.2) is 92.5 Å². The molecule has 0 aromatic rings. The van der Waals surface area contributed by atoms with E-state index in [4.69, 9.17) is 10.2 Å². The molecule has 0 aromatic heterocycles. The summed E-state index contributed by atoms with van der Waals surface area (Å²) in [7, 11) is 0. The summed E-state index contributed by atoms with van der Waals surface area (Å²) in [6.45, 7) is 33.8. The monoisotopic (exact) mass is 1630 g/mol. The number of hydrogen-bond donors (Lipinski definition) is 2. The maximum Gasteiger partial charge on any atom is 1.00 e. The summed E-state index contributed by atoms with van der Waals surface area (Å²) in [5.41, 5.74) is 15.1. The Morgan fingerprint density at radius 3 is 0.766 bits per heavy atom. The molecule has 0 saturated heterocycles. The number of hydrogen-bond acceptors (Lipinski definition) is 12. The molecule has 12 nitrogen and oxygen atoms in total. The fraction of sp³-hybridized carbons (Fsp3) is 0.583. The van der Waals surface area contributed by atoms with Crippen LogP contribution in [0.2, 0.25) is 0 Å². The van der Waals surface area contributed by atoms with Crippen molar-refractivity contribution in [3.05, 3.63) is 163 Å². The van der Waals surface area contributed by atoms with Crippen molar-refractivity contribution >= 4 is 80.9 Å². The zero-order valence-electron chi connectivity index (χ0n) is 59.5. The van der Waals surface area contributed by atoms with Gasteiger partial charge in [-0.05, 0) is 271 Å². The number of rotatable bonds is 39. The van der Waals surface area contributed by atoms with Crippen molar-refractivity contribution in [1.29, 1.82) is 0 Å². The van der Waals surface area contributed by atoms with E-state index in [2.05, 4.69) is 72.8 Å². The van der Waals surface area contributed by atoms with Gasteiger partial charge in [0.1, 0.15) is 12.6 Å². The Bertz CT molecular complexity index is 2540. The molecule has 2 N–H and O–H groups in total. The third-order valence-electron chi connectivity index (χ3n) is 13.0. The SMILES string of the molecule is C.C.C/C(=C\CC/C(C)=C/CC(/C=C(\C)CC/C=C(\C)CO)S(=O)[O-])CO.C/C(C=O)=C\CC/C(C)=C/CC(/C=C(\C)CC/C=C(\C)C=O)S(=O)[O-].CC(C)=CCC/C(C)=C/CC(/C=C(\C)CCC=C(C)C)S(=O)[O-].CC(C)=CCC/C(C)=C/CS(=O)[O-].I.[Ar].[Ar].[Ar].[Ar].[H-].[K+]. The summed E-state index contributed by atoms with van der Waals surface area (Å²) in [4.78, 5) is 21.1. The summed E-state index contributed by atoms with van der Waals surface area (Å²) >= 11 is -8.32. The number of carbonyl (C=O) groups is 2. The minimum Gasteiger partial charge on any atom is -1.00 e. The zero-order chi connectivity index (χ0) is 66.6. The molecular formula is C72H122Ar4IKO12S4-4. The maximum absolute atomic E-state index is 11.5. The van der Waals surface area contributed by atoms with Crippen molar-refractivity contribution in [2.45, 2.75) is 257 Å². The Morgan fingerprint density at radius 2 is 0.564 bits per heavy atom. The van der Waals surface area contributed by atoms with E-state index in [1.54, 1.807) is 26.0 Å². The first-order valence-electron chi connectivity index (χ1n) is 29.9. The molecule has 0 aliphatic heterocycles. The number of halogens is 1. The average Bonchev–Trinajstić information content (AvgIpc) is 3.43. The second-order valence-corrected chi connectivity index (χ2v) is 27.3. The van der Waals surface area contributed by atoms with Crippen LogP contribution in [0.3, 0.4) is 0 Å². The molecule has 0 amide bonds. The first-order chi connectivity index (χ1) is 40.3. The predicted molar refractivity (Wildman–Crippen MR) is 396 cm³/mol. The summed E-state index contributed by atoms with van der Waals surface area (Å²) in [5.74, 6) is 0.140. The van der Waals surface area contributed by atoms with Gasteiger partial charge in [-0.3, -0.25) is 26.4 Å². The van der Waals surface area contributed by atoms with Crippen LogP contribution < -0.4 is 51.4 Å². The van der Waals surface area contributed by atoms with Gasteiger partial charge in [-0.25, -0.2) is 0 Å². The second kappa shape index (κ2) is 83.7. The van der Waals surface area contributed by atoms with Crippen LogP contribution in [-0.2, 0) is 53.9 Å². The minimum absolute atomic E-state index is 0. The van der Waals surface area contributed by atoms with E-state index in [9.17, 15) is 44.6 Å². The summed E-state index contributed by atoms with van der Waals surface area (Å²) in [5, 5.41) is 16.4. The van der Waals surface area contributed by atoms with Gasteiger partial charge < -0.3 is 29.9 Å². The van der Waals surface area contributed by atoms with E-state index >= 15 is 0 Å². The van der Waals surface area contributed by atoms with Gasteiger partial charge in [-0.1, -0.05) is 178 Å². The van der Waals surface area contributed by atoms with Crippen LogP contribution in [0.25, 0.3) is 0 Å². The van der Waals surface area contributed by atoms with Gasteiger partial charge in [-0.15, -0.1) is 24.0 Å². The summed E-state index contributed by atoms with van der Waals surface area (Å²) in [6, 6.07) is 0. The predicted octanol–water partition coefficient (Wildman–Crippen LogP) is 15.9. The fourth-order valence-corrected chi connectivity index (χ4v) is 9.73. The Hall–Kier alpha value is 3.47. The first-order valence-corrected chi connectivity index (χ1v) is 34.6. The Labute approximate surface area is 765 Å². The number of aliphatic hydroxyl groups excluding tert-OH is 2. The van der Waals surface area contributed by atoms with Crippen LogP contribution >= 0.6 is 24.0 Å². The molecule has 0 aliphatic rings. The Balaban J connectivity index is -0.0000000848. The number of allylic oxidation sites excluding steroid dienone is 22. The van der Waals surface area contributed by atoms with E-state index in [-0.39, 0.29) is 262 Å². The summed E-state index contributed by atoms with van der Waals surface area (Å²) in [6.07, 6.45) is 42.9. The van der Waals surface area contributed by atoms with Crippen molar-refractivity contribution in [3.63, 3.8) is 0 Å². The van der Waals surface area contributed by atoms with Crippen LogP contribution in [0.5, 0.6) is 0 Å². The summed E-state index contributed by atoms with van der Waals surface area (Å²) < 4.78 is 89.1.